The first-order chi connectivity index (χ1) is 13.5. The van der Waals surface area contributed by atoms with E-state index in [-0.39, 0.29) is 0 Å². The summed E-state index contributed by atoms with van der Waals surface area (Å²) in [6, 6.07) is 13.5. The molecule has 1 fully saturated rings. The lowest BCUT2D eigenvalue weighted by Gasteiger charge is -2.36. The van der Waals surface area contributed by atoms with Crippen molar-refractivity contribution >= 4 is 23.4 Å². The van der Waals surface area contributed by atoms with Crippen molar-refractivity contribution in [1.29, 1.82) is 0 Å². The van der Waals surface area contributed by atoms with E-state index >= 15 is 0 Å². The third-order valence-corrected chi connectivity index (χ3v) is 5.14. The summed E-state index contributed by atoms with van der Waals surface area (Å²) in [5, 5.41) is 0.608. The highest BCUT2D eigenvalue weighted by Crippen LogP contribution is 2.29. The van der Waals surface area contributed by atoms with Crippen LogP contribution in [0.2, 0.25) is 5.02 Å². The lowest BCUT2D eigenvalue weighted by atomic mass is 10.1. The molecule has 6 nitrogen and oxygen atoms in total. The van der Waals surface area contributed by atoms with Gasteiger partial charge in [-0.1, -0.05) is 29.8 Å². The maximum absolute atomic E-state index is 11.7. The van der Waals surface area contributed by atoms with Crippen LogP contribution in [0.4, 0.5) is 10.5 Å². The van der Waals surface area contributed by atoms with Gasteiger partial charge in [-0.05, 0) is 29.8 Å². The minimum absolute atomic E-state index is 0.420. The van der Waals surface area contributed by atoms with E-state index in [2.05, 4.69) is 15.9 Å². The average molecular weight is 404 g/mol. The van der Waals surface area contributed by atoms with E-state index in [0.29, 0.717) is 10.8 Å². The summed E-state index contributed by atoms with van der Waals surface area (Å²) >= 11 is 6.42. The van der Waals surface area contributed by atoms with Crippen molar-refractivity contribution in [3.63, 3.8) is 0 Å². The summed E-state index contributed by atoms with van der Waals surface area (Å²) in [7, 11) is 4.99. The molecule has 0 saturated carbocycles. The average Bonchev–Trinajstić information content (AvgIpc) is 2.70. The number of anilines is 1. The fraction of sp³-hybridized carbons (Fsp3) is 0.381. The number of piperazine rings is 1. The maximum Gasteiger partial charge on any atom is 0.414 e. The summed E-state index contributed by atoms with van der Waals surface area (Å²) in [5.74, 6) is 1.36. The molecule has 0 spiro atoms. The summed E-state index contributed by atoms with van der Waals surface area (Å²) in [5.41, 5.74) is 2.16. The van der Waals surface area contributed by atoms with Crippen LogP contribution in [0.25, 0.3) is 0 Å². The number of benzene rings is 2. The normalized spacial score (nSPS) is 14.6. The monoisotopic (exact) mass is 403 g/mol. The van der Waals surface area contributed by atoms with Crippen molar-refractivity contribution in [2.75, 3.05) is 52.3 Å². The lowest BCUT2D eigenvalue weighted by molar-refractivity contribution is 0.172. The van der Waals surface area contributed by atoms with Crippen LogP contribution in [0.1, 0.15) is 5.56 Å². The minimum Gasteiger partial charge on any atom is -0.495 e. The first kappa shape index (κ1) is 20.3. The van der Waals surface area contributed by atoms with Gasteiger partial charge in [0.05, 0.1) is 12.8 Å². The molecule has 0 atom stereocenters. The summed E-state index contributed by atoms with van der Waals surface area (Å²) in [4.78, 5) is 17.8. The van der Waals surface area contributed by atoms with Crippen LogP contribution in [0.15, 0.2) is 42.5 Å². The number of nitrogens with zero attached hydrogens (tertiary/aromatic N) is 3. The van der Waals surface area contributed by atoms with Gasteiger partial charge >= 0.3 is 6.09 Å². The highest BCUT2D eigenvalue weighted by atomic mass is 35.5. The molecule has 0 N–H and O–H groups in total. The number of carbonyl (C=O) groups excluding carboxylic acids is 1. The molecule has 1 saturated heterocycles. The number of amides is 1. The van der Waals surface area contributed by atoms with Gasteiger partial charge in [0.15, 0.2) is 0 Å². The second-order valence-electron chi connectivity index (χ2n) is 6.95. The molecule has 0 aliphatic carbocycles. The number of para-hydroxylation sites is 2. The Hall–Kier alpha value is -2.44. The topological polar surface area (TPSA) is 45.3 Å². The molecule has 7 heteroatoms. The van der Waals surface area contributed by atoms with Crippen LogP contribution in [-0.4, -0.2) is 63.3 Å². The molecule has 1 aliphatic heterocycles. The number of rotatable bonds is 5. The van der Waals surface area contributed by atoms with Gasteiger partial charge in [-0.15, -0.1) is 0 Å². The zero-order valence-corrected chi connectivity index (χ0v) is 17.3. The van der Waals surface area contributed by atoms with Gasteiger partial charge in [-0.25, -0.2) is 4.79 Å². The van der Waals surface area contributed by atoms with E-state index in [0.717, 1.165) is 49.7 Å². The molecule has 0 bridgehead atoms. The highest BCUT2D eigenvalue weighted by Gasteiger charge is 2.20. The standard InChI is InChI=1S/C21H26ClN3O3/c1-23(2)21(26)28-17-9-8-16(18(22)14-17)15-24-10-12-25(13-11-24)19-6-4-5-7-20(19)27-3/h4-9,14H,10-13,15H2,1-3H3. The van der Waals surface area contributed by atoms with Crippen LogP contribution >= 0.6 is 11.6 Å². The Morgan fingerprint density at radius 1 is 1.11 bits per heavy atom. The zero-order valence-electron chi connectivity index (χ0n) is 16.5. The molecule has 1 aliphatic rings. The largest absolute Gasteiger partial charge is 0.495 e. The van der Waals surface area contributed by atoms with E-state index in [1.807, 2.05) is 24.3 Å². The van der Waals surface area contributed by atoms with Gasteiger partial charge in [-0.3, -0.25) is 4.90 Å². The molecule has 1 heterocycles. The smallest absolute Gasteiger partial charge is 0.414 e. The lowest BCUT2D eigenvalue weighted by Crippen LogP contribution is -2.46. The van der Waals surface area contributed by atoms with E-state index in [1.165, 1.54) is 4.90 Å². The van der Waals surface area contributed by atoms with E-state index in [4.69, 9.17) is 21.1 Å². The first-order valence-corrected chi connectivity index (χ1v) is 9.63. The molecule has 3 rings (SSSR count). The van der Waals surface area contributed by atoms with Crippen molar-refractivity contribution in [3.05, 3.63) is 53.1 Å². The molecule has 0 radical (unpaired) electrons. The number of hydrogen-bond acceptors (Lipinski definition) is 5. The SMILES string of the molecule is COc1ccccc1N1CCN(Cc2ccc(OC(=O)N(C)C)cc2Cl)CC1. The Balaban J connectivity index is 1.58. The molecule has 0 unspecified atom stereocenters. The van der Waals surface area contributed by atoms with Crippen LogP contribution in [-0.2, 0) is 6.54 Å². The predicted molar refractivity (Wildman–Crippen MR) is 112 cm³/mol. The number of halogens is 1. The van der Waals surface area contributed by atoms with Crippen LogP contribution in [0, 0.1) is 0 Å². The molecular weight excluding hydrogens is 378 g/mol. The van der Waals surface area contributed by atoms with Gasteiger partial charge in [0.1, 0.15) is 11.5 Å². The number of ether oxygens (including phenoxy) is 2. The van der Waals surface area contributed by atoms with Gasteiger partial charge < -0.3 is 19.3 Å². The maximum atomic E-state index is 11.7. The Morgan fingerprint density at radius 3 is 2.46 bits per heavy atom. The predicted octanol–water partition coefficient (Wildman–Crippen LogP) is 3.73. The van der Waals surface area contributed by atoms with Gasteiger partial charge in [0, 0.05) is 51.8 Å². The van der Waals surface area contributed by atoms with Gasteiger partial charge in [0.2, 0.25) is 0 Å². The van der Waals surface area contributed by atoms with Crippen molar-refractivity contribution in [2.45, 2.75) is 6.54 Å². The van der Waals surface area contributed by atoms with E-state index in [1.54, 1.807) is 33.3 Å². The third kappa shape index (κ3) is 4.88. The molecular formula is C21H26ClN3O3. The fourth-order valence-corrected chi connectivity index (χ4v) is 3.42. The molecule has 150 valence electrons. The molecule has 0 aromatic heterocycles. The zero-order chi connectivity index (χ0) is 20.1. The van der Waals surface area contributed by atoms with E-state index in [9.17, 15) is 4.79 Å². The second-order valence-corrected chi connectivity index (χ2v) is 7.36. The van der Waals surface area contributed by atoms with Crippen molar-refractivity contribution in [1.82, 2.24) is 9.80 Å². The van der Waals surface area contributed by atoms with Gasteiger partial charge in [0.25, 0.3) is 0 Å². The highest BCUT2D eigenvalue weighted by molar-refractivity contribution is 6.31. The summed E-state index contributed by atoms with van der Waals surface area (Å²) in [6.45, 7) is 4.49. The van der Waals surface area contributed by atoms with E-state index < -0.39 is 6.09 Å². The summed E-state index contributed by atoms with van der Waals surface area (Å²) in [6.07, 6.45) is -0.420. The molecule has 2 aromatic carbocycles. The quantitative estimate of drug-likeness (QED) is 0.761. The summed E-state index contributed by atoms with van der Waals surface area (Å²) < 4.78 is 10.7. The Bertz CT molecular complexity index is 820. The molecule has 2 aromatic rings. The van der Waals surface area contributed by atoms with Crippen LogP contribution < -0.4 is 14.4 Å². The Kier molecular flexibility index (Phi) is 6.65. The van der Waals surface area contributed by atoms with Crippen LogP contribution in [0.5, 0.6) is 11.5 Å². The Labute approximate surface area is 171 Å². The van der Waals surface area contributed by atoms with Crippen molar-refractivity contribution < 1.29 is 14.3 Å². The molecule has 28 heavy (non-hydrogen) atoms. The fourth-order valence-electron chi connectivity index (χ4n) is 3.19. The van der Waals surface area contributed by atoms with Crippen molar-refractivity contribution in [2.24, 2.45) is 0 Å². The first-order valence-electron chi connectivity index (χ1n) is 9.26. The number of carbonyl (C=O) groups is 1. The van der Waals surface area contributed by atoms with Crippen LogP contribution in [0.3, 0.4) is 0 Å². The second kappa shape index (κ2) is 9.17. The number of methoxy groups -OCH3 is 1. The molecule has 1 amide bonds. The van der Waals surface area contributed by atoms with Gasteiger partial charge in [-0.2, -0.15) is 0 Å². The van der Waals surface area contributed by atoms with Crippen molar-refractivity contribution in [3.8, 4) is 11.5 Å². The minimum atomic E-state index is -0.420. The number of hydrogen-bond donors (Lipinski definition) is 0. The Morgan fingerprint density at radius 2 is 1.82 bits per heavy atom. The third-order valence-electron chi connectivity index (χ3n) is 4.79.